The van der Waals surface area contributed by atoms with E-state index in [9.17, 15) is 10.1 Å². The van der Waals surface area contributed by atoms with Gasteiger partial charge in [0.15, 0.2) is 5.16 Å². The lowest BCUT2D eigenvalue weighted by molar-refractivity contribution is -0.387. The highest BCUT2D eigenvalue weighted by atomic mass is 35.5. The van der Waals surface area contributed by atoms with Crippen LogP contribution in [0.4, 0.5) is 11.4 Å². The molecule has 1 aromatic heterocycles. The second-order valence-electron chi connectivity index (χ2n) is 5.76. The zero-order valence-electron chi connectivity index (χ0n) is 14.6. The third kappa shape index (κ3) is 5.12. The second kappa shape index (κ2) is 8.28. The van der Waals surface area contributed by atoms with E-state index in [1.54, 1.807) is 42.6 Å². The Morgan fingerprint density at radius 1 is 1.11 bits per heavy atom. The van der Waals surface area contributed by atoms with Gasteiger partial charge in [-0.1, -0.05) is 23.7 Å². The first kappa shape index (κ1) is 19.0. The van der Waals surface area contributed by atoms with Gasteiger partial charge in [0.2, 0.25) is 0 Å². The van der Waals surface area contributed by atoms with Crippen LogP contribution in [0.25, 0.3) is 0 Å². The molecule has 0 saturated carbocycles. The molecule has 0 amide bonds. The summed E-state index contributed by atoms with van der Waals surface area (Å²) in [7, 11) is 0. The van der Waals surface area contributed by atoms with Crippen LogP contribution < -0.4 is 0 Å². The van der Waals surface area contributed by atoms with E-state index in [0.29, 0.717) is 26.3 Å². The molecule has 1 heterocycles. The summed E-state index contributed by atoms with van der Waals surface area (Å²) in [4.78, 5) is 24.5. The van der Waals surface area contributed by atoms with Crippen LogP contribution in [-0.4, -0.2) is 21.1 Å². The Balaban J connectivity index is 1.89. The first-order chi connectivity index (χ1) is 12.9. The van der Waals surface area contributed by atoms with Crippen molar-refractivity contribution in [1.29, 1.82) is 0 Å². The minimum atomic E-state index is -0.415. The summed E-state index contributed by atoms with van der Waals surface area (Å²) in [6.07, 6.45) is 1.57. The molecule has 27 heavy (non-hydrogen) atoms. The summed E-state index contributed by atoms with van der Waals surface area (Å²) in [6.45, 7) is 3.73. The summed E-state index contributed by atoms with van der Waals surface area (Å²) in [5, 5.41) is 12.6. The van der Waals surface area contributed by atoms with E-state index in [-0.39, 0.29) is 5.69 Å². The van der Waals surface area contributed by atoms with Crippen LogP contribution in [0.5, 0.6) is 0 Å². The third-order valence-electron chi connectivity index (χ3n) is 3.51. The number of rotatable bonds is 5. The zero-order chi connectivity index (χ0) is 19.4. The van der Waals surface area contributed by atoms with Crippen molar-refractivity contribution in [3.8, 4) is 0 Å². The topological polar surface area (TPSA) is 81.3 Å². The van der Waals surface area contributed by atoms with Crippen LogP contribution in [0.2, 0.25) is 5.02 Å². The van der Waals surface area contributed by atoms with E-state index in [1.807, 2.05) is 19.9 Å². The SMILES string of the molecule is Cc1cc(C)nc(Sc2ccc(C=Nc3cccc(Cl)c3)cc2[N+](=O)[O-])n1. The molecule has 3 rings (SSSR count). The number of halogens is 1. The maximum absolute atomic E-state index is 11.5. The maximum Gasteiger partial charge on any atom is 0.283 e. The van der Waals surface area contributed by atoms with Crippen molar-refractivity contribution >= 4 is 41.0 Å². The Labute approximate surface area is 165 Å². The average molecular weight is 399 g/mol. The average Bonchev–Trinajstić information content (AvgIpc) is 2.60. The molecule has 0 unspecified atom stereocenters. The number of aliphatic imine (C=N–C) groups is 1. The van der Waals surface area contributed by atoms with Crippen molar-refractivity contribution in [2.45, 2.75) is 23.9 Å². The second-order valence-corrected chi connectivity index (χ2v) is 7.20. The lowest BCUT2D eigenvalue weighted by Gasteiger charge is -2.05. The molecule has 6 nitrogen and oxygen atoms in total. The lowest BCUT2D eigenvalue weighted by atomic mass is 10.2. The number of hydrogen-bond donors (Lipinski definition) is 0. The molecule has 0 aliphatic carbocycles. The number of nitro groups is 1. The highest BCUT2D eigenvalue weighted by Crippen LogP contribution is 2.33. The summed E-state index contributed by atoms with van der Waals surface area (Å²) < 4.78 is 0. The van der Waals surface area contributed by atoms with E-state index in [0.717, 1.165) is 11.4 Å². The smallest absolute Gasteiger partial charge is 0.258 e. The summed E-state index contributed by atoms with van der Waals surface area (Å²) in [5.74, 6) is 0. The highest BCUT2D eigenvalue weighted by molar-refractivity contribution is 7.99. The van der Waals surface area contributed by atoms with E-state index in [2.05, 4.69) is 15.0 Å². The zero-order valence-corrected chi connectivity index (χ0v) is 16.2. The number of aryl methyl sites for hydroxylation is 2. The predicted octanol–water partition coefficient (Wildman–Crippen LogP) is 5.56. The fourth-order valence-corrected chi connectivity index (χ4v) is 3.52. The van der Waals surface area contributed by atoms with Crippen molar-refractivity contribution in [1.82, 2.24) is 9.97 Å². The van der Waals surface area contributed by atoms with Gasteiger partial charge in [0.1, 0.15) is 0 Å². The highest BCUT2D eigenvalue weighted by Gasteiger charge is 2.17. The lowest BCUT2D eigenvalue weighted by Crippen LogP contribution is -1.96. The van der Waals surface area contributed by atoms with Gasteiger partial charge in [-0.25, -0.2) is 9.97 Å². The van der Waals surface area contributed by atoms with E-state index < -0.39 is 4.92 Å². The Morgan fingerprint density at radius 2 is 1.85 bits per heavy atom. The molecule has 0 bridgehead atoms. The van der Waals surface area contributed by atoms with Gasteiger partial charge < -0.3 is 0 Å². The Hall–Kier alpha value is -2.77. The van der Waals surface area contributed by atoms with Crippen LogP contribution in [0.3, 0.4) is 0 Å². The van der Waals surface area contributed by atoms with Gasteiger partial charge in [-0.05, 0) is 61.5 Å². The summed E-state index contributed by atoms with van der Waals surface area (Å²) in [5.41, 5.74) is 2.91. The van der Waals surface area contributed by atoms with Gasteiger partial charge in [-0.15, -0.1) is 0 Å². The van der Waals surface area contributed by atoms with Crippen LogP contribution in [0.1, 0.15) is 17.0 Å². The number of nitro benzene ring substituents is 1. The molecule has 136 valence electrons. The molecule has 0 spiro atoms. The van der Waals surface area contributed by atoms with Gasteiger partial charge in [-0.3, -0.25) is 15.1 Å². The Kier molecular flexibility index (Phi) is 5.83. The number of aromatic nitrogens is 2. The monoisotopic (exact) mass is 398 g/mol. The maximum atomic E-state index is 11.5. The van der Waals surface area contributed by atoms with Gasteiger partial charge in [0, 0.05) is 28.7 Å². The van der Waals surface area contributed by atoms with E-state index >= 15 is 0 Å². The summed E-state index contributed by atoms with van der Waals surface area (Å²) in [6, 6.07) is 13.9. The summed E-state index contributed by atoms with van der Waals surface area (Å²) >= 11 is 7.11. The van der Waals surface area contributed by atoms with Gasteiger partial charge in [-0.2, -0.15) is 0 Å². The molecule has 3 aromatic rings. The Morgan fingerprint density at radius 3 is 2.52 bits per heavy atom. The van der Waals surface area contributed by atoms with Crippen LogP contribution >= 0.6 is 23.4 Å². The largest absolute Gasteiger partial charge is 0.283 e. The molecular formula is C19H15ClN4O2S. The molecule has 0 radical (unpaired) electrons. The first-order valence-electron chi connectivity index (χ1n) is 7.99. The molecule has 2 aromatic carbocycles. The fourth-order valence-electron chi connectivity index (χ4n) is 2.39. The van der Waals surface area contributed by atoms with Gasteiger partial charge >= 0.3 is 0 Å². The quantitative estimate of drug-likeness (QED) is 0.243. The minimum Gasteiger partial charge on any atom is -0.258 e. The number of benzene rings is 2. The van der Waals surface area contributed by atoms with Crippen molar-refractivity contribution in [3.05, 3.63) is 80.6 Å². The molecule has 8 heteroatoms. The molecule has 0 N–H and O–H groups in total. The molecular weight excluding hydrogens is 384 g/mol. The normalized spacial score (nSPS) is 11.1. The van der Waals surface area contributed by atoms with Crippen LogP contribution in [0.15, 0.2) is 63.6 Å². The van der Waals surface area contributed by atoms with Crippen molar-refractivity contribution < 1.29 is 4.92 Å². The molecule has 0 fully saturated rings. The van der Waals surface area contributed by atoms with Gasteiger partial charge in [0.05, 0.1) is 15.5 Å². The molecule has 0 atom stereocenters. The van der Waals surface area contributed by atoms with Crippen LogP contribution in [0, 0.1) is 24.0 Å². The first-order valence-corrected chi connectivity index (χ1v) is 9.18. The third-order valence-corrected chi connectivity index (χ3v) is 4.68. The predicted molar refractivity (Wildman–Crippen MR) is 107 cm³/mol. The minimum absolute atomic E-state index is 0.0159. The van der Waals surface area contributed by atoms with Crippen LogP contribution in [-0.2, 0) is 0 Å². The van der Waals surface area contributed by atoms with E-state index in [4.69, 9.17) is 11.6 Å². The molecule has 0 aliphatic heterocycles. The van der Waals surface area contributed by atoms with Crippen molar-refractivity contribution in [2.75, 3.05) is 0 Å². The van der Waals surface area contributed by atoms with E-state index in [1.165, 1.54) is 17.8 Å². The molecule has 0 aliphatic rings. The fraction of sp³-hybridized carbons (Fsp3) is 0.105. The van der Waals surface area contributed by atoms with Crippen molar-refractivity contribution in [2.24, 2.45) is 4.99 Å². The standard InChI is InChI=1S/C19H15ClN4O2S/c1-12-8-13(2)23-19(22-12)27-18-7-6-14(9-17(18)24(25)26)11-21-16-5-3-4-15(20)10-16/h3-11H,1-2H3. The Bertz CT molecular complexity index is 1020. The molecule has 0 saturated heterocycles. The number of nitrogens with zero attached hydrogens (tertiary/aromatic N) is 4. The van der Waals surface area contributed by atoms with Gasteiger partial charge in [0.25, 0.3) is 5.69 Å². The number of hydrogen-bond acceptors (Lipinski definition) is 6. The van der Waals surface area contributed by atoms with Crippen molar-refractivity contribution in [3.63, 3.8) is 0 Å².